The molecule has 11 nitrogen and oxygen atoms in total. The molecule has 0 aliphatic carbocycles. The maximum Gasteiger partial charge on any atom is 0.451 e. The van der Waals surface area contributed by atoms with Gasteiger partial charge in [0.05, 0.1) is 5.69 Å². The Bertz CT molecular complexity index is 1360. The summed E-state index contributed by atoms with van der Waals surface area (Å²) in [5.74, 6) is -0.874. The first-order chi connectivity index (χ1) is 19.6. The van der Waals surface area contributed by atoms with Crippen LogP contribution < -0.4 is 25.4 Å². The van der Waals surface area contributed by atoms with Gasteiger partial charge in [-0.3, -0.25) is 10.6 Å². The Kier molecular flexibility index (Phi) is 10.4. The predicted octanol–water partition coefficient (Wildman–Crippen LogP) is 7.03. The van der Waals surface area contributed by atoms with Gasteiger partial charge in [0.2, 0.25) is 5.96 Å². The summed E-state index contributed by atoms with van der Waals surface area (Å²) in [5, 5.41) is 4.85. The van der Waals surface area contributed by atoms with E-state index in [-0.39, 0.29) is 11.6 Å². The summed E-state index contributed by atoms with van der Waals surface area (Å²) in [5.41, 5.74) is 5.55. The van der Waals surface area contributed by atoms with Crippen molar-refractivity contribution in [1.29, 1.82) is 0 Å². The molecule has 42 heavy (non-hydrogen) atoms. The zero-order valence-corrected chi connectivity index (χ0v) is 25.4. The Hall–Kier alpha value is -4.34. The van der Waals surface area contributed by atoms with Gasteiger partial charge in [-0.05, 0) is 83.5 Å². The van der Waals surface area contributed by atoms with Gasteiger partial charge < -0.3 is 24.3 Å². The Labute approximate surface area is 245 Å². The number of carbonyl (C=O) groups is 2. The van der Waals surface area contributed by atoms with Crippen LogP contribution >= 0.6 is 7.60 Å². The van der Waals surface area contributed by atoms with Gasteiger partial charge in [0, 0.05) is 0 Å². The lowest BCUT2D eigenvalue weighted by Gasteiger charge is -2.25. The van der Waals surface area contributed by atoms with Crippen LogP contribution in [0.4, 0.5) is 15.3 Å². The van der Waals surface area contributed by atoms with Crippen molar-refractivity contribution in [1.82, 2.24) is 10.6 Å². The number of hydrogen-bond donors (Lipinski definition) is 3. The maximum atomic E-state index is 14.2. The molecule has 0 aliphatic heterocycles. The first-order valence-corrected chi connectivity index (χ1v) is 14.8. The van der Waals surface area contributed by atoms with Crippen molar-refractivity contribution in [2.24, 2.45) is 10.7 Å². The molecule has 0 aromatic heterocycles. The van der Waals surface area contributed by atoms with Crippen LogP contribution in [0, 0.1) is 0 Å². The number of rotatable bonds is 7. The van der Waals surface area contributed by atoms with Crippen LogP contribution in [0.3, 0.4) is 0 Å². The van der Waals surface area contributed by atoms with E-state index in [9.17, 15) is 14.2 Å². The molecule has 4 N–H and O–H groups in total. The highest BCUT2D eigenvalue weighted by molar-refractivity contribution is 7.55. The number of nitrogens with one attached hydrogen (secondary N) is 2. The van der Waals surface area contributed by atoms with E-state index < -0.39 is 36.8 Å². The Morgan fingerprint density at radius 3 is 1.62 bits per heavy atom. The molecule has 0 heterocycles. The normalized spacial score (nSPS) is 12.4. The average Bonchev–Trinajstić information content (AvgIpc) is 2.87. The van der Waals surface area contributed by atoms with E-state index in [0.717, 1.165) is 0 Å². The summed E-state index contributed by atoms with van der Waals surface area (Å²) < 4.78 is 36.5. The molecule has 0 aliphatic rings. The minimum Gasteiger partial charge on any atom is -0.444 e. The number of benzene rings is 3. The van der Waals surface area contributed by atoms with Crippen LogP contribution in [-0.4, -0.2) is 29.3 Å². The van der Waals surface area contributed by atoms with Crippen molar-refractivity contribution in [3.8, 4) is 11.5 Å². The van der Waals surface area contributed by atoms with Crippen molar-refractivity contribution in [2.75, 3.05) is 0 Å². The topological polar surface area (TPSA) is 151 Å². The monoisotopic (exact) mass is 596 g/mol. The lowest BCUT2D eigenvalue weighted by Crippen LogP contribution is -2.47. The lowest BCUT2D eigenvalue weighted by atomic mass is 10.2. The second kappa shape index (κ2) is 13.5. The van der Waals surface area contributed by atoms with Crippen LogP contribution in [-0.2, 0) is 14.0 Å². The van der Waals surface area contributed by atoms with Crippen molar-refractivity contribution in [3.63, 3.8) is 0 Å². The summed E-state index contributed by atoms with van der Waals surface area (Å²) in [6.45, 7) is 10.2. The number of guanidine groups is 1. The number of nitrogens with zero attached hydrogens (tertiary/aromatic N) is 1. The summed E-state index contributed by atoms with van der Waals surface area (Å²) in [7, 11) is -4.07. The number of hydrogen-bond acceptors (Lipinski definition) is 9. The van der Waals surface area contributed by atoms with E-state index in [0.29, 0.717) is 17.1 Å². The summed E-state index contributed by atoms with van der Waals surface area (Å²) >= 11 is 0. The number of ether oxygens (including phenoxy) is 2. The highest BCUT2D eigenvalue weighted by Gasteiger charge is 2.38. The van der Waals surface area contributed by atoms with Crippen molar-refractivity contribution in [2.45, 2.75) is 58.5 Å². The molecule has 0 fully saturated rings. The number of para-hydroxylation sites is 2. The summed E-state index contributed by atoms with van der Waals surface area (Å²) in [6, 6.07) is 23.5. The minimum atomic E-state index is -4.07. The molecule has 0 saturated heterocycles. The maximum absolute atomic E-state index is 14.2. The highest BCUT2D eigenvalue weighted by atomic mass is 31.2. The molecule has 1 atom stereocenters. The highest BCUT2D eigenvalue weighted by Crippen LogP contribution is 2.57. The van der Waals surface area contributed by atoms with Crippen molar-refractivity contribution < 1.29 is 32.7 Å². The first kappa shape index (κ1) is 32.2. The predicted molar refractivity (Wildman–Crippen MR) is 161 cm³/mol. The fourth-order valence-electron chi connectivity index (χ4n) is 3.37. The number of carbonyl (C=O) groups excluding carboxylic acids is 2. The molecule has 224 valence electrons. The standard InChI is InChI=1S/C30H37N4O7P/c1-29(2,3)38-27(35)33-26(34-28(36)39-30(4,5)6)32-22-15-13-14-21(20-22)25(31)42(37,40-23-16-9-7-10-17-23)41-24-18-11-8-12-19-24/h7-20,25H,31H2,1-6H3,(H2,32,33,34,35,36). The molecule has 3 rings (SSSR count). The van der Waals surface area contributed by atoms with E-state index >= 15 is 0 Å². The van der Waals surface area contributed by atoms with E-state index in [1.54, 1.807) is 120 Å². The molecule has 0 spiro atoms. The van der Waals surface area contributed by atoms with E-state index in [1.807, 2.05) is 0 Å². The van der Waals surface area contributed by atoms with E-state index in [4.69, 9.17) is 24.3 Å². The number of nitrogens with two attached hydrogens (primary N) is 1. The van der Waals surface area contributed by atoms with Crippen molar-refractivity contribution >= 4 is 31.4 Å². The number of aliphatic imine (C=N–C) groups is 1. The zero-order valence-electron chi connectivity index (χ0n) is 24.5. The van der Waals surface area contributed by atoms with Gasteiger partial charge >= 0.3 is 19.8 Å². The van der Waals surface area contributed by atoms with Gasteiger partial charge in [-0.25, -0.2) is 19.1 Å². The smallest absolute Gasteiger partial charge is 0.444 e. The molecule has 12 heteroatoms. The van der Waals surface area contributed by atoms with Crippen LogP contribution in [0.25, 0.3) is 0 Å². The number of amides is 2. The second-order valence-electron chi connectivity index (χ2n) is 11.1. The molecule has 1 unspecified atom stereocenters. The third kappa shape index (κ3) is 10.6. The van der Waals surface area contributed by atoms with Gasteiger partial charge in [-0.2, -0.15) is 0 Å². The third-order valence-corrected chi connectivity index (χ3v) is 6.89. The SMILES string of the molecule is CC(C)(C)OC(=O)NC(=Nc1cccc(C(N)P(=O)(Oc2ccccc2)Oc2ccccc2)c1)NC(=O)OC(C)(C)C. The molecule has 2 amide bonds. The second-order valence-corrected chi connectivity index (χ2v) is 13.1. The minimum absolute atomic E-state index is 0.256. The Balaban J connectivity index is 1.95. The molecular formula is C30H37N4O7P. The average molecular weight is 597 g/mol. The Morgan fingerprint density at radius 2 is 1.19 bits per heavy atom. The van der Waals surface area contributed by atoms with Crippen molar-refractivity contribution in [3.05, 3.63) is 90.5 Å². The number of alkyl carbamates (subject to hydrolysis) is 2. The fraction of sp³-hybridized carbons (Fsp3) is 0.300. The van der Waals surface area contributed by atoms with Gasteiger partial charge in [-0.15, -0.1) is 0 Å². The summed E-state index contributed by atoms with van der Waals surface area (Å²) in [4.78, 5) is 29.3. The van der Waals surface area contributed by atoms with E-state index in [1.165, 1.54) is 6.07 Å². The van der Waals surface area contributed by atoms with Crippen LogP contribution in [0.2, 0.25) is 0 Å². The summed E-state index contributed by atoms with van der Waals surface area (Å²) in [6.07, 6.45) is -1.69. The first-order valence-electron chi connectivity index (χ1n) is 13.2. The van der Waals surface area contributed by atoms with Gasteiger partial charge in [0.15, 0.2) is 5.78 Å². The zero-order chi connectivity index (χ0) is 31.0. The van der Waals surface area contributed by atoms with Crippen LogP contribution in [0.15, 0.2) is 89.9 Å². The van der Waals surface area contributed by atoms with Gasteiger partial charge in [0.25, 0.3) is 0 Å². The van der Waals surface area contributed by atoms with Crippen LogP contribution in [0.1, 0.15) is 52.9 Å². The molecule has 0 radical (unpaired) electrons. The van der Waals surface area contributed by atoms with Gasteiger partial charge in [-0.1, -0.05) is 48.5 Å². The fourth-order valence-corrected chi connectivity index (χ4v) is 4.99. The largest absolute Gasteiger partial charge is 0.451 e. The van der Waals surface area contributed by atoms with Gasteiger partial charge in [0.1, 0.15) is 22.7 Å². The molecule has 0 saturated carbocycles. The lowest BCUT2D eigenvalue weighted by molar-refractivity contribution is 0.0545. The molecule has 3 aromatic carbocycles. The molecule has 0 bridgehead atoms. The third-order valence-electron chi connectivity index (χ3n) is 4.98. The molecule has 3 aromatic rings. The molecular weight excluding hydrogens is 559 g/mol. The quantitative estimate of drug-likeness (QED) is 0.149. The van der Waals surface area contributed by atoms with E-state index in [2.05, 4.69) is 15.6 Å². The Morgan fingerprint density at radius 1 is 0.738 bits per heavy atom. The van der Waals surface area contributed by atoms with Crippen LogP contribution in [0.5, 0.6) is 11.5 Å².